The largest absolute Gasteiger partial charge is 0.383 e. The van der Waals surface area contributed by atoms with E-state index in [0.717, 1.165) is 11.1 Å². The molecule has 144 valence electrons. The van der Waals surface area contributed by atoms with Crippen molar-refractivity contribution in [1.29, 1.82) is 0 Å². The Balaban J connectivity index is 1.59. The van der Waals surface area contributed by atoms with Crippen molar-refractivity contribution in [3.8, 4) is 11.1 Å². The van der Waals surface area contributed by atoms with Crippen LogP contribution in [0.2, 0.25) is 0 Å². The molecule has 3 aromatic heterocycles. The number of nitrogens with two attached hydrogens (primary N) is 1. The lowest BCUT2D eigenvalue weighted by molar-refractivity contribution is -0.123. The summed E-state index contributed by atoms with van der Waals surface area (Å²) in [7, 11) is 1.95. The molecule has 3 amide bonds. The summed E-state index contributed by atoms with van der Waals surface area (Å²) >= 11 is 3.52. The number of fused-ring (bicyclic) bond motifs is 1. The Morgan fingerprint density at radius 1 is 1.36 bits per heavy atom. The molecule has 0 aromatic carbocycles. The van der Waals surface area contributed by atoms with Crippen molar-refractivity contribution in [1.82, 2.24) is 29.8 Å². The fraction of sp³-hybridized carbons (Fsp3) is 0.294. The fourth-order valence-corrected chi connectivity index (χ4v) is 4.37. The first-order valence-electron chi connectivity index (χ1n) is 8.71. The van der Waals surface area contributed by atoms with Crippen molar-refractivity contribution in [2.24, 2.45) is 7.05 Å². The number of aromatic nitrogens is 4. The van der Waals surface area contributed by atoms with Gasteiger partial charge in [0.15, 0.2) is 5.65 Å². The van der Waals surface area contributed by atoms with Gasteiger partial charge in [0.1, 0.15) is 21.6 Å². The number of hydrogen-bond acceptors (Lipinski definition) is 6. The quantitative estimate of drug-likeness (QED) is 0.504. The number of nitrogens with zero attached hydrogens (tertiary/aromatic N) is 5. The zero-order chi connectivity index (χ0) is 19.6. The number of urea groups is 1. The van der Waals surface area contributed by atoms with E-state index in [1.54, 1.807) is 10.7 Å². The highest BCUT2D eigenvalue weighted by Gasteiger charge is 2.51. The molecule has 2 fully saturated rings. The highest BCUT2D eigenvalue weighted by Crippen LogP contribution is 2.37. The van der Waals surface area contributed by atoms with Gasteiger partial charge in [-0.05, 0) is 28.4 Å². The van der Waals surface area contributed by atoms with Crippen molar-refractivity contribution in [2.75, 3.05) is 23.7 Å². The van der Waals surface area contributed by atoms with Crippen molar-refractivity contribution >= 4 is 45.2 Å². The Hall–Kier alpha value is -3.08. The molecule has 0 bridgehead atoms. The number of aryl methyl sites for hydroxylation is 1. The first-order valence-corrected chi connectivity index (χ1v) is 9.51. The molecule has 5 rings (SSSR count). The van der Waals surface area contributed by atoms with Gasteiger partial charge in [0.25, 0.3) is 5.91 Å². The minimum Gasteiger partial charge on any atom is -0.383 e. The molecule has 4 N–H and O–H groups in total. The smallest absolute Gasteiger partial charge is 0.322 e. The second-order valence-electron chi connectivity index (χ2n) is 7.16. The number of hydrogen-bond donors (Lipinski definition) is 3. The minimum absolute atomic E-state index is 0.306. The van der Waals surface area contributed by atoms with Crippen LogP contribution in [0.25, 0.3) is 16.8 Å². The first-order chi connectivity index (χ1) is 13.4. The Morgan fingerprint density at radius 3 is 2.86 bits per heavy atom. The average Bonchev–Trinajstić information content (AvgIpc) is 3.40. The van der Waals surface area contributed by atoms with E-state index >= 15 is 0 Å². The zero-order valence-corrected chi connectivity index (χ0v) is 16.5. The highest BCUT2D eigenvalue weighted by molar-refractivity contribution is 9.10. The SMILES string of the molecule is Cn1ccc(-c2cnn3c(N)c(Br)c(N4CCC5(C4)NC(=O)NC5=O)nc23)c1. The van der Waals surface area contributed by atoms with Crippen LogP contribution >= 0.6 is 15.9 Å². The average molecular weight is 445 g/mol. The van der Waals surface area contributed by atoms with Gasteiger partial charge in [-0.1, -0.05) is 0 Å². The molecule has 1 unspecified atom stereocenters. The van der Waals surface area contributed by atoms with Crippen LogP contribution in [0.4, 0.5) is 16.4 Å². The van der Waals surface area contributed by atoms with Gasteiger partial charge in [0, 0.05) is 37.1 Å². The summed E-state index contributed by atoms with van der Waals surface area (Å²) in [5.41, 5.74) is 7.86. The molecular weight excluding hydrogens is 428 g/mol. The Bertz CT molecular complexity index is 1150. The van der Waals surface area contributed by atoms with Crippen molar-refractivity contribution < 1.29 is 9.59 Å². The van der Waals surface area contributed by atoms with Crippen molar-refractivity contribution in [3.63, 3.8) is 0 Å². The predicted molar refractivity (Wildman–Crippen MR) is 106 cm³/mol. The zero-order valence-electron chi connectivity index (χ0n) is 14.9. The first kappa shape index (κ1) is 17.0. The second kappa shape index (κ2) is 5.71. The molecule has 0 saturated carbocycles. The normalized spacial score (nSPS) is 21.7. The van der Waals surface area contributed by atoms with Crippen LogP contribution in [0, 0.1) is 0 Å². The fourth-order valence-electron chi connectivity index (χ4n) is 3.86. The van der Waals surface area contributed by atoms with Gasteiger partial charge < -0.3 is 20.5 Å². The molecule has 3 aromatic rings. The van der Waals surface area contributed by atoms with E-state index < -0.39 is 11.6 Å². The van der Waals surface area contributed by atoms with Gasteiger partial charge in [-0.3, -0.25) is 10.1 Å². The molecule has 5 heterocycles. The topological polar surface area (TPSA) is 123 Å². The number of carbonyl (C=O) groups is 2. The van der Waals surface area contributed by atoms with Crippen LogP contribution in [-0.2, 0) is 11.8 Å². The number of rotatable bonds is 2. The van der Waals surface area contributed by atoms with E-state index in [2.05, 4.69) is 31.7 Å². The number of carbonyl (C=O) groups excluding carboxylic acids is 2. The van der Waals surface area contributed by atoms with Gasteiger partial charge in [0.05, 0.1) is 12.7 Å². The van der Waals surface area contributed by atoms with Crippen LogP contribution < -0.4 is 21.3 Å². The number of halogens is 1. The molecule has 10 nitrogen and oxygen atoms in total. The third kappa shape index (κ3) is 2.32. The van der Waals surface area contributed by atoms with Crippen LogP contribution in [0.15, 0.2) is 29.1 Å². The summed E-state index contributed by atoms with van der Waals surface area (Å²) in [5, 5.41) is 9.44. The van der Waals surface area contributed by atoms with E-state index in [0.29, 0.717) is 41.3 Å². The molecule has 1 atom stereocenters. The van der Waals surface area contributed by atoms with Crippen molar-refractivity contribution in [3.05, 3.63) is 29.1 Å². The lowest BCUT2D eigenvalue weighted by atomic mass is 10.00. The summed E-state index contributed by atoms with van der Waals surface area (Å²) in [6, 6.07) is 1.52. The van der Waals surface area contributed by atoms with Gasteiger partial charge in [0.2, 0.25) is 0 Å². The Labute approximate surface area is 167 Å². The number of anilines is 2. The summed E-state index contributed by atoms with van der Waals surface area (Å²) in [6.07, 6.45) is 6.17. The summed E-state index contributed by atoms with van der Waals surface area (Å²) in [4.78, 5) is 30.6. The van der Waals surface area contributed by atoms with Crippen LogP contribution in [-0.4, -0.2) is 49.7 Å². The van der Waals surface area contributed by atoms with Gasteiger partial charge in [-0.2, -0.15) is 9.61 Å². The lowest BCUT2D eigenvalue weighted by Crippen LogP contribution is -2.49. The standard InChI is InChI=1S/C17H17BrN8O2/c1-24-4-2-9(7-24)10-6-20-26-12(19)11(18)14(21-13(10)26)25-5-3-17(8-25)15(27)22-16(28)23-17/h2,4,6-7H,3,5,8,19H2,1H3,(H2,22,23,27,28). The van der Waals surface area contributed by atoms with E-state index in [1.807, 2.05) is 35.0 Å². The molecule has 2 aliphatic heterocycles. The van der Waals surface area contributed by atoms with Crippen LogP contribution in [0.3, 0.4) is 0 Å². The van der Waals surface area contributed by atoms with Crippen LogP contribution in [0.1, 0.15) is 6.42 Å². The monoisotopic (exact) mass is 444 g/mol. The molecule has 2 aliphatic rings. The maximum absolute atomic E-state index is 12.3. The molecule has 2 saturated heterocycles. The third-order valence-corrected chi connectivity index (χ3v) is 6.09. The molecule has 0 radical (unpaired) electrons. The van der Waals surface area contributed by atoms with E-state index in [9.17, 15) is 9.59 Å². The third-order valence-electron chi connectivity index (χ3n) is 5.33. The number of nitrogens with one attached hydrogen (secondary N) is 2. The van der Waals surface area contributed by atoms with Crippen molar-refractivity contribution in [2.45, 2.75) is 12.0 Å². The second-order valence-corrected chi connectivity index (χ2v) is 7.95. The number of nitrogen functional groups attached to an aromatic ring is 1. The van der Waals surface area contributed by atoms with Crippen LogP contribution in [0.5, 0.6) is 0 Å². The summed E-state index contributed by atoms with van der Waals surface area (Å²) < 4.78 is 4.14. The molecule has 0 aliphatic carbocycles. The highest BCUT2D eigenvalue weighted by atomic mass is 79.9. The Kier molecular flexibility index (Phi) is 3.48. The van der Waals surface area contributed by atoms with E-state index in [-0.39, 0.29) is 5.91 Å². The van der Waals surface area contributed by atoms with E-state index in [1.165, 1.54) is 0 Å². The molecule has 11 heteroatoms. The molecular formula is C17H17BrN8O2. The minimum atomic E-state index is -0.929. The number of amides is 3. The molecule has 1 spiro atoms. The van der Waals surface area contributed by atoms with Gasteiger partial charge >= 0.3 is 6.03 Å². The Morgan fingerprint density at radius 2 is 2.18 bits per heavy atom. The summed E-state index contributed by atoms with van der Waals surface area (Å²) in [5.74, 6) is 0.732. The van der Waals surface area contributed by atoms with Gasteiger partial charge in [-0.25, -0.2) is 9.78 Å². The van der Waals surface area contributed by atoms with Gasteiger partial charge in [-0.15, -0.1) is 0 Å². The maximum Gasteiger partial charge on any atom is 0.322 e. The summed E-state index contributed by atoms with van der Waals surface area (Å²) in [6.45, 7) is 0.879. The maximum atomic E-state index is 12.3. The molecule has 28 heavy (non-hydrogen) atoms. The predicted octanol–water partition coefficient (Wildman–Crippen LogP) is 0.868. The van der Waals surface area contributed by atoms with E-state index in [4.69, 9.17) is 10.7 Å². The lowest BCUT2D eigenvalue weighted by Gasteiger charge is -2.23. The number of imide groups is 1.